The molecule has 0 saturated heterocycles. The van der Waals surface area contributed by atoms with E-state index < -0.39 is 0 Å². The normalized spacial score (nSPS) is 10.7. The number of allylic oxidation sites excluding steroid dienone is 1. The zero-order valence-electron chi connectivity index (χ0n) is 8.07. The summed E-state index contributed by atoms with van der Waals surface area (Å²) < 4.78 is 0. The van der Waals surface area contributed by atoms with Gasteiger partial charge in [-0.2, -0.15) is 0 Å². The van der Waals surface area contributed by atoms with Gasteiger partial charge in [-0.05, 0) is 23.9 Å². The van der Waals surface area contributed by atoms with Crippen molar-refractivity contribution >= 4 is 17.1 Å². The molecule has 0 aliphatic rings. The third-order valence-corrected chi connectivity index (χ3v) is 2.56. The molecule has 0 aliphatic heterocycles. The average Bonchev–Trinajstić information content (AvgIpc) is 2.47. The van der Waals surface area contributed by atoms with Gasteiger partial charge in [-0.15, -0.1) is 11.3 Å². The van der Waals surface area contributed by atoms with Crippen molar-refractivity contribution in [2.75, 3.05) is 14.1 Å². The number of carbonyl (C=O) groups excluding carboxylic acids is 1. The number of hydrogen-bond donors (Lipinski definition) is 0. The fraction of sp³-hybridized carbons (Fsp3) is 0.300. The van der Waals surface area contributed by atoms with Crippen LogP contribution in [0, 0.1) is 6.92 Å². The Morgan fingerprint density at radius 3 is 2.69 bits per heavy atom. The lowest BCUT2D eigenvalue weighted by Gasteiger charge is -2.01. The molecule has 1 aromatic heterocycles. The molecule has 13 heavy (non-hydrogen) atoms. The first-order chi connectivity index (χ1) is 6.09. The van der Waals surface area contributed by atoms with Gasteiger partial charge < -0.3 is 4.90 Å². The van der Waals surface area contributed by atoms with Crippen molar-refractivity contribution in [3.05, 3.63) is 34.2 Å². The third-order valence-electron chi connectivity index (χ3n) is 1.50. The summed E-state index contributed by atoms with van der Waals surface area (Å²) in [7, 11) is 3.78. The predicted octanol–water partition coefficient (Wildman–Crippen LogP) is 2.31. The van der Waals surface area contributed by atoms with E-state index in [-0.39, 0.29) is 5.78 Å². The molecule has 0 bridgehead atoms. The molecule has 0 fully saturated rings. The van der Waals surface area contributed by atoms with Crippen LogP contribution in [-0.4, -0.2) is 24.8 Å². The van der Waals surface area contributed by atoms with Gasteiger partial charge in [-0.3, -0.25) is 4.79 Å². The fourth-order valence-corrected chi connectivity index (χ4v) is 1.68. The maximum absolute atomic E-state index is 11.5. The zero-order chi connectivity index (χ0) is 9.84. The molecular weight excluding hydrogens is 182 g/mol. The maximum atomic E-state index is 11.5. The van der Waals surface area contributed by atoms with Crippen LogP contribution in [-0.2, 0) is 0 Å². The first-order valence-electron chi connectivity index (χ1n) is 4.03. The number of nitrogens with zero attached hydrogens (tertiary/aromatic N) is 1. The molecule has 0 spiro atoms. The molecule has 0 aromatic carbocycles. The lowest BCUT2D eigenvalue weighted by atomic mass is 10.3. The van der Waals surface area contributed by atoms with E-state index in [1.165, 1.54) is 11.3 Å². The Morgan fingerprint density at radius 1 is 1.54 bits per heavy atom. The molecule has 0 saturated carbocycles. The van der Waals surface area contributed by atoms with Gasteiger partial charge in [0, 0.05) is 26.4 Å². The van der Waals surface area contributed by atoms with E-state index in [0.717, 1.165) is 10.4 Å². The first kappa shape index (κ1) is 9.99. The number of carbonyl (C=O) groups is 1. The van der Waals surface area contributed by atoms with Gasteiger partial charge in [-0.1, -0.05) is 0 Å². The highest BCUT2D eigenvalue weighted by Gasteiger charge is 2.03. The quantitative estimate of drug-likeness (QED) is 0.545. The molecular formula is C10H13NOS. The van der Waals surface area contributed by atoms with Gasteiger partial charge in [0.2, 0.25) is 0 Å². The number of hydrogen-bond acceptors (Lipinski definition) is 3. The van der Waals surface area contributed by atoms with Crippen molar-refractivity contribution < 1.29 is 4.79 Å². The maximum Gasteiger partial charge on any atom is 0.197 e. The Labute approximate surface area is 82.5 Å². The van der Waals surface area contributed by atoms with E-state index in [4.69, 9.17) is 0 Å². The first-order valence-corrected chi connectivity index (χ1v) is 4.91. The zero-order valence-corrected chi connectivity index (χ0v) is 8.89. The second-order valence-corrected chi connectivity index (χ2v) is 4.04. The largest absolute Gasteiger partial charge is 0.383 e. The Hall–Kier alpha value is -1.09. The van der Waals surface area contributed by atoms with E-state index in [2.05, 4.69) is 0 Å². The van der Waals surface area contributed by atoms with E-state index in [1.807, 2.05) is 37.4 Å². The van der Waals surface area contributed by atoms with Gasteiger partial charge in [-0.25, -0.2) is 0 Å². The minimum atomic E-state index is 0.0757. The summed E-state index contributed by atoms with van der Waals surface area (Å²) in [6.07, 6.45) is 3.35. The molecule has 3 heteroatoms. The fourth-order valence-electron chi connectivity index (χ4n) is 0.859. The van der Waals surface area contributed by atoms with Gasteiger partial charge in [0.15, 0.2) is 5.78 Å². The molecule has 0 N–H and O–H groups in total. The molecule has 2 nitrogen and oxygen atoms in total. The molecule has 0 unspecified atom stereocenters. The van der Waals surface area contributed by atoms with Crippen molar-refractivity contribution in [3.8, 4) is 0 Å². The SMILES string of the molecule is Cc1csc(C(=O)/C=C/N(C)C)c1. The summed E-state index contributed by atoms with van der Waals surface area (Å²) >= 11 is 1.49. The molecule has 1 rings (SSSR count). The number of rotatable bonds is 3. The van der Waals surface area contributed by atoms with Crippen LogP contribution >= 0.6 is 11.3 Å². The molecule has 0 atom stereocenters. The minimum Gasteiger partial charge on any atom is -0.383 e. The van der Waals surface area contributed by atoms with Gasteiger partial charge in [0.1, 0.15) is 0 Å². The van der Waals surface area contributed by atoms with E-state index in [1.54, 1.807) is 12.3 Å². The van der Waals surface area contributed by atoms with E-state index >= 15 is 0 Å². The summed E-state index contributed by atoms with van der Waals surface area (Å²) in [6.45, 7) is 1.99. The monoisotopic (exact) mass is 195 g/mol. The summed E-state index contributed by atoms with van der Waals surface area (Å²) in [6, 6.07) is 1.91. The van der Waals surface area contributed by atoms with Crippen LogP contribution in [0.3, 0.4) is 0 Å². The summed E-state index contributed by atoms with van der Waals surface area (Å²) in [5.74, 6) is 0.0757. The molecule has 1 heterocycles. The van der Waals surface area contributed by atoms with Crippen LogP contribution in [0.4, 0.5) is 0 Å². The Morgan fingerprint density at radius 2 is 2.23 bits per heavy atom. The standard InChI is InChI=1S/C10H13NOS/c1-8-6-10(13-7-8)9(12)4-5-11(2)3/h4-7H,1-3H3/b5-4+. The number of thiophene rings is 1. The molecule has 0 amide bonds. The second kappa shape index (κ2) is 4.23. The molecule has 0 aliphatic carbocycles. The van der Waals surface area contributed by atoms with Crippen LogP contribution in [0.5, 0.6) is 0 Å². The van der Waals surface area contributed by atoms with Gasteiger partial charge in [0.05, 0.1) is 4.88 Å². The topological polar surface area (TPSA) is 20.3 Å². The highest BCUT2D eigenvalue weighted by Crippen LogP contribution is 2.14. The Kier molecular flexibility index (Phi) is 3.25. The summed E-state index contributed by atoms with van der Waals surface area (Å²) in [4.78, 5) is 14.1. The van der Waals surface area contributed by atoms with E-state index in [0.29, 0.717) is 0 Å². The Balaban J connectivity index is 2.69. The minimum absolute atomic E-state index is 0.0757. The highest BCUT2D eigenvalue weighted by atomic mass is 32.1. The Bertz CT molecular complexity index is 325. The highest BCUT2D eigenvalue weighted by molar-refractivity contribution is 7.12. The van der Waals surface area contributed by atoms with Crippen molar-refractivity contribution in [1.29, 1.82) is 0 Å². The molecule has 0 radical (unpaired) electrons. The van der Waals surface area contributed by atoms with Gasteiger partial charge >= 0.3 is 0 Å². The summed E-state index contributed by atoms with van der Waals surface area (Å²) in [5.41, 5.74) is 1.15. The predicted molar refractivity (Wildman–Crippen MR) is 56.2 cm³/mol. The van der Waals surface area contributed by atoms with Crippen LogP contribution in [0.2, 0.25) is 0 Å². The smallest absolute Gasteiger partial charge is 0.197 e. The average molecular weight is 195 g/mol. The van der Waals surface area contributed by atoms with E-state index in [9.17, 15) is 4.79 Å². The van der Waals surface area contributed by atoms with Crippen molar-refractivity contribution in [3.63, 3.8) is 0 Å². The number of aryl methyl sites for hydroxylation is 1. The number of ketones is 1. The lowest BCUT2D eigenvalue weighted by Crippen LogP contribution is -2.02. The van der Waals surface area contributed by atoms with Crippen LogP contribution in [0.25, 0.3) is 0 Å². The van der Waals surface area contributed by atoms with Crippen molar-refractivity contribution in [2.45, 2.75) is 6.92 Å². The van der Waals surface area contributed by atoms with Gasteiger partial charge in [0.25, 0.3) is 0 Å². The lowest BCUT2D eigenvalue weighted by molar-refractivity contribution is 0.104. The van der Waals surface area contributed by atoms with Crippen molar-refractivity contribution in [2.24, 2.45) is 0 Å². The third kappa shape index (κ3) is 3.03. The summed E-state index contributed by atoms with van der Waals surface area (Å²) in [5, 5.41) is 1.98. The molecule has 70 valence electrons. The van der Waals surface area contributed by atoms with Crippen LogP contribution in [0.1, 0.15) is 15.2 Å². The van der Waals surface area contributed by atoms with Crippen LogP contribution < -0.4 is 0 Å². The van der Waals surface area contributed by atoms with Crippen molar-refractivity contribution in [1.82, 2.24) is 4.90 Å². The second-order valence-electron chi connectivity index (χ2n) is 3.13. The molecule has 1 aromatic rings. The van der Waals surface area contributed by atoms with Crippen LogP contribution in [0.15, 0.2) is 23.7 Å².